The molecule has 1 N–H and O–H groups in total. The maximum absolute atomic E-state index is 13.6. The lowest BCUT2D eigenvalue weighted by Gasteiger charge is -2.32. The molecule has 2 rings (SSSR count). The Morgan fingerprint density at radius 1 is 1.35 bits per heavy atom. The van der Waals surface area contributed by atoms with Crippen LogP contribution in [-0.2, 0) is 5.54 Å². The summed E-state index contributed by atoms with van der Waals surface area (Å²) < 4.78 is 13.6. The van der Waals surface area contributed by atoms with Gasteiger partial charge in [0.15, 0.2) is 0 Å². The van der Waals surface area contributed by atoms with Gasteiger partial charge in [-0.2, -0.15) is 0 Å². The molecule has 17 heavy (non-hydrogen) atoms. The van der Waals surface area contributed by atoms with Crippen molar-refractivity contribution in [3.63, 3.8) is 0 Å². The lowest BCUT2D eigenvalue weighted by molar-refractivity contribution is 0.309. The van der Waals surface area contributed by atoms with E-state index in [-0.39, 0.29) is 11.4 Å². The Bertz CT molecular complexity index is 372. The second-order valence-corrected chi connectivity index (χ2v) is 5.73. The molecule has 0 amide bonds. The highest BCUT2D eigenvalue weighted by molar-refractivity contribution is 5.31. The fraction of sp³-hybridized carbons (Fsp3) is 0.600. The molecule has 1 unspecified atom stereocenters. The summed E-state index contributed by atoms with van der Waals surface area (Å²) >= 11 is 0. The van der Waals surface area contributed by atoms with Crippen LogP contribution < -0.4 is 5.32 Å². The van der Waals surface area contributed by atoms with E-state index < -0.39 is 0 Å². The van der Waals surface area contributed by atoms with Crippen molar-refractivity contribution < 1.29 is 4.39 Å². The van der Waals surface area contributed by atoms with Gasteiger partial charge in [-0.05, 0) is 61.9 Å². The van der Waals surface area contributed by atoms with Crippen molar-refractivity contribution in [3.05, 3.63) is 35.1 Å². The third-order valence-corrected chi connectivity index (χ3v) is 3.60. The number of nitrogens with one attached hydrogen (secondary N) is 1. The van der Waals surface area contributed by atoms with Crippen molar-refractivity contribution >= 4 is 0 Å². The summed E-state index contributed by atoms with van der Waals surface area (Å²) in [6.45, 7) is 7.47. The standard InChI is InChI=1S/C15H22FN/c1-11(2)10-15(5-4-6-17-15)13-7-12(3)8-14(16)9-13/h7-9,11,17H,4-6,10H2,1-3H3. The Morgan fingerprint density at radius 2 is 2.12 bits per heavy atom. The minimum Gasteiger partial charge on any atom is -0.307 e. The van der Waals surface area contributed by atoms with E-state index in [0.717, 1.165) is 30.5 Å². The molecule has 2 heteroatoms. The smallest absolute Gasteiger partial charge is 0.123 e. The highest BCUT2D eigenvalue weighted by atomic mass is 19.1. The molecule has 0 aliphatic carbocycles. The highest BCUT2D eigenvalue weighted by Gasteiger charge is 2.35. The van der Waals surface area contributed by atoms with Gasteiger partial charge in [0, 0.05) is 5.54 Å². The maximum Gasteiger partial charge on any atom is 0.123 e. The molecule has 0 bridgehead atoms. The summed E-state index contributed by atoms with van der Waals surface area (Å²) in [5, 5.41) is 3.61. The van der Waals surface area contributed by atoms with Gasteiger partial charge in [-0.15, -0.1) is 0 Å². The first kappa shape index (κ1) is 12.6. The highest BCUT2D eigenvalue weighted by Crippen LogP contribution is 2.37. The predicted molar refractivity (Wildman–Crippen MR) is 69.5 cm³/mol. The minimum atomic E-state index is -0.114. The molecular weight excluding hydrogens is 213 g/mol. The topological polar surface area (TPSA) is 12.0 Å². The third-order valence-electron chi connectivity index (χ3n) is 3.60. The lowest BCUT2D eigenvalue weighted by Crippen LogP contribution is -2.38. The Balaban J connectivity index is 2.38. The normalized spacial score (nSPS) is 24.5. The first-order valence-electron chi connectivity index (χ1n) is 6.54. The van der Waals surface area contributed by atoms with Gasteiger partial charge in [0.1, 0.15) is 5.82 Å². The quantitative estimate of drug-likeness (QED) is 0.841. The zero-order valence-corrected chi connectivity index (χ0v) is 11.0. The molecule has 1 saturated heterocycles. The number of rotatable bonds is 3. The van der Waals surface area contributed by atoms with Crippen LogP contribution in [0.5, 0.6) is 0 Å². The summed E-state index contributed by atoms with van der Waals surface area (Å²) in [5.74, 6) is 0.501. The van der Waals surface area contributed by atoms with Crippen LogP contribution >= 0.6 is 0 Å². The van der Waals surface area contributed by atoms with E-state index in [4.69, 9.17) is 0 Å². The Morgan fingerprint density at radius 3 is 2.65 bits per heavy atom. The van der Waals surface area contributed by atoms with E-state index >= 15 is 0 Å². The summed E-state index contributed by atoms with van der Waals surface area (Å²) in [6, 6.07) is 5.43. The van der Waals surface area contributed by atoms with Crippen LogP contribution in [0.15, 0.2) is 18.2 Å². The number of aryl methyl sites for hydroxylation is 1. The van der Waals surface area contributed by atoms with Crippen LogP contribution in [0.1, 0.15) is 44.2 Å². The summed E-state index contributed by atoms with van der Waals surface area (Å²) in [7, 11) is 0. The molecule has 1 atom stereocenters. The molecule has 0 aromatic heterocycles. The van der Waals surface area contributed by atoms with E-state index in [0.29, 0.717) is 5.92 Å². The van der Waals surface area contributed by atoms with Gasteiger partial charge in [-0.1, -0.05) is 19.9 Å². The van der Waals surface area contributed by atoms with Crippen molar-refractivity contribution in [2.45, 2.75) is 45.6 Å². The number of benzene rings is 1. The van der Waals surface area contributed by atoms with Crippen LogP contribution in [0.2, 0.25) is 0 Å². The average molecular weight is 235 g/mol. The fourth-order valence-electron chi connectivity index (χ4n) is 3.05. The zero-order valence-electron chi connectivity index (χ0n) is 11.0. The van der Waals surface area contributed by atoms with Crippen molar-refractivity contribution in [3.8, 4) is 0 Å². The molecule has 1 heterocycles. The van der Waals surface area contributed by atoms with E-state index in [9.17, 15) is 4.39 Å². The van der Waals surface area contributed by atoms with Gasteiger partial charge in [-0.25, -0.2) is 4.39 Å². The number of hydrogen-bond donors (Lipinski definition) is 1. The molecule has 1 aromatic rings. The predicted octanol–water partition coefficient (Wildman–Crippen LogP) is 3.76. The third kappa shape index (κ3) is 2.68. The molecule has 94 valence electrons. The van der Waals surface area contributed by atoms with Crippen molar-refractivity contribution in [2.24, 2.45) is 5.92 Å². The first-order valence-corrected chi connectivity index (χ1v) is 6.54. The van der Waals surface area contributed by atoms with Gasteiger partial charge in [0.2, 0.25) is 0 Å². The molecule has 1 aromatic carbocycles. The average Bonchev–Trinajstić information content (AvgIpc) is 2.65. The summed E-state index contributed by atoms with van der Waals surface area (Å²) in [5.41, 5.74) is 2.14. The van der Waals surface area contributed by atoms with Crippen molar-refractivity contribution in [2.75, 3.05) is 6.54 Å². The van der Waals surface area contributed by atoms with Gasteiger partial charge in [-0.3, -0.25) is 0 Å². The number of hydrogen-bond acceptors (Lipinski definition) is 1. The lowest BCUT2D eigenvalue weighted by atomic mass is 9.81. The Kier molecular flexibility index (Phi) is 3.53. The van der Waals surface area contributed by atoms with E-state index in [1.54, 1.807) is 12.1 Å². The molecule has 0 spiro atoms. The van der Waals surface area contributed by atoms with Crippen LogP contribution in [0, 0.1) is 18.7 Å². The van der Waals surface area contributed by atoms with Crippen molar-refractivity contribution in [1.82, 2.24) is 5.32 Å². The minimum absolute atomic E-state index is 0.00102. The fourth-order valence-corrected chi connectivity index (χ4v) is 3.05. The van der Waals surface area contributed by atoms with E-state index in [1.807, 2.05) is 6.92 Å². The molecule has 1 fully saturated rings. The van der Waals surface area contributed by atoms with Gasteiger partial charge in [0.25, 0.3) is 0 Å². The molecule has 1 aliphatic rings. The monoisotopic (exact) mass is 235 g/mol. The Hall–Kier alpha value is -0.890. The second-order valence-electron chi connectivity index (χ2n) is 5.73. The van der Waals surface area contributed by atoms with Crippen LogP contribution in [0.4, 0.5) is 4.39 Å². The zero-order chi connectivity index (χ0) is 12.5. The summed E-state index contributed by atoms with van der Waals surface area (Å²) in [6.07, 6.45) is 3.38. The maximum atomic E-state index is 13.6. The first-order chi connectivity index (χ1) is 8.02. The van der Waals surface area contributed by atoms with Crippen LogP contribution in [0.3, 0.4) is 0 Å². The van der Waals surface area contributed by atoms with Crippen LogP contribution in [-0.4, -0.2) is 6.54 Å². The molecule has 0 saturated carbocycles. The molecular formula is C15H22FN. The molecule has 1 nitrogen and oxygen atoms in total. The van der Waals surface area contributed by atoms with Gasteiger partial charge < -0.3 is 5.32 Å². The molecule has 0 radical (unpaired) electrons. The second kappa shape index (κ2) is 4.77. The Labute approximate surface area is 103 Å². The summed E-state index contributed by atoms with van der Waals surface area (Å²) in [4.78, 5) is 0. The van der Waals surface area contributed by atoms with Crippen molar-refractivity contribution in [1.29, 1.82) is 0 Å². The molecule has 1 aliphatic heterocycles. The van der Waals surface area contributed by atoms with E-state index in [1.165, 1.54) is 6.42 Å². The van der Waals surface area contributed by atoms with Gasteiger partial charge in [0.05, 0.1) is 0 Å². The van der Waals surface area contributed by atoms with Gasteiger partial charge >= 0.3 is 0 Å². The van der Waals surface area contributed by atoms with E-state index in [2.05, 4.69) is 25.2 Å². The number of halogens is 1. The SMILES string of the molecule is Cc1cc(F)cc(C2(CC(C)C)CCCN2)c1. The van der Waals surface area contributed by atoms with Crippen LogP contribution in [0.25, 0.3) is 0 Å². The largest absolute Gasteiger partial charge is 0.307 e.